The van der Waals surface area contributed by atoms with Gasteiger partial charge in [0.05, 0.1) is 18.3 Å². The van der Waals surface area contributed by atoms with Gasteiger partial charge in [-0.2, -0.15) is 5.10 Å². The molecule has 1 aliphatic heterocycles. The van der Waals surface area contributed by atoms with Crippen molar-refractivity contribution in [3.63, 3.8) is 0 Å². The molecule has 0 aromatic carbocycles. The number of carbonyl (C=O) groups is 1. The molecule has 1 saturated heterocycles. The van der Waals surface area contributed by atoms with Crippen LogP contribution in [0.4, 0.5) is 5.82 Å². The van der Waals surface area contributed by atoms with E-state index < -0.39 is 21.7 Å². The van der Waals surface area contributed by atoms with Crippen LogP contribution in [0.15, 0.2) is 12.3 Å². The lowest BCUT2D eigenvalue weighted by molar-refractivity contribution is -0.113. The van der Waals surface area contributed by atoms with Crippen molar-refractivity contribution in [1.82, 2.24) is 14.5 Å². The zero-order valence-electron chi connectivity index (χ0n) is 13.5. The average molecular weight is 344 g/mol. The highest BCUT2D eigenvalue weighted by Gasteiger charge is 2.22. The summed E-state index contributed by atoms with van der Waals surface area (Å²) in [6.45, 7) is 4.85. The molecule has 1 aliphatic rings. The Kier molecular flexibility index (Phi) is 6.14. The Bertz CT molecular complexity index is 622. The van der Waals surface area contributed by atoms with Crippen LogP contribution in [0, 0.1) is 0 Å². The van der Waals surface area contributed by atoms with Crippen molar-refractivity contribution in [3.8, 4) is 0 Å². The Labute approximate surface area is 136 Å². The van der Waals surface area contributed by atoms with Gasteiger partial charge >= 0.3 is 0 Å². The van der Waals surface area contributed by atoms with Gasteiger partial charge < -0.3 is 10.1 Å². The van der Waals surface area contributed by atoms with E-state index in [1.165, 1.54) is 0 Å². The summed E-state index contributed by atoms with van der Waals surface area (Å²) in [6.07, 6.45) is 4.10. The molecule has 0 bridgehead atoms. The molecule has 130 valence electrons. The van der Waals surface area contributed by atoms with E-state index in [0.717, 1.165) is 19.3 Å². The summed E-state index contributed by atoms with van der Waals surface area (Å²) in [7, 11) is -3.68. The molecule has 2 heterocycles. The first-order chi connectivity index (χ1) is 10.9. The van der Waals surface area contributed by atoms with Crippen molar-refractivity contribution in [2.24, 2.45) is 0 Å². The van der Waals surface area contributed by atoms with Crippen molar-refractivity contribution in [2.75, 3.05) is 24.2 Å². The first-order valence-electron chi connectivity index (χ1n) is 7.83. The highest BCUT2D eigenvalue weighted by molar-refractivity contribution is 7.90. The van der Waals surface area contributed by atoms with Crippen molar-refractivity contribution in [2.45, 2.75) is 45.3 Å². The predicted molar refractivity (Wildman–Crippen MR) is 86.6 cm³/mol. The summed E-state index contributed by atoms with van der Waals surface area (Å²) >= 11 is 0. The maximum atomic E-state index is 12.0. The Morgan fingerprint density at radius 2 is 2.35 bits per heavy atom. The minimum atomic E-state index is -3.68. The SMILES string of the molecule is CCC(C)n1nccc1NC(=O)CS(=O)(=O)NCC1CCCO1. The third kappa shape index (κ3) is 5.29. The van der Waals surface area contributed by atoms with Crippen molar-refractivity contribution in [3.05, 3.63) is 12.3 Å². The van der Waals surface area contributed by atoms with Gasteiger partial charge in [-0.05, 0) is 26.2 Å². The number of hydrogen-bond donors (Lipinski definition) is 2. The number of nitrogens with zero attached hydrogens (tertiary/aromatic N) is 2. The second-order valence-electron chi connectivity index (χ2n) is 5.71. The highest BCUT2D eigenvalue weighted by atomic mass is 32.2. The normalized spacial score (nSPS) is 19.7. The molecule has 2 N–H and O–H groups in total. The standard InChI is InChI=1S/C14H24N4O4S/c1-3-11(2)18-13(6-7-15-18)17-14(19)10-23(20,21)16-9-12-5-4-8-22-12/h6-7,11-12,16H,3-5,8-10H2,1-2H3,(H,17,19). The summed E-state index contributed by atoms with van der Waals surface area (Å²) in [6, 6.07) is 1.77. The van der Waals surface area contributed by atoms with Crippen LogP contribution < -0.4 is 10.0 Å². The molecule has 1 amide bonds. The summed E-state index contributed by atoms with van der Waals surface area (Å²) in [5.41, 5.74) is 0. The number of ether oxygens (including phenoxy) is 1. The summed E-state index contributed by atoms with van der Waals surface area (Å²) in [5, 5.41) is 6.75. The van der Waals surface area contributed by atoms with Gasteiger partial charge in [0, 0.05) is 19.2 Å². The van der Waals surface area contributed by atoms with Crippen LogP contribution in [0.2, 0.25) is 0 Å². The molecule has 0 radical (unpaired) electrons. The molecular weight excluding hydrogens is 320 g/mol. The molecule has 0 aliphatic carbocycles. The van der Waals surface area contributed by atoms with Crippen LogP contribution >= 0.6 is 0 Å². The average Bonchev–Trinajstić information content (AvgIpc) is 3.15. The lowest BCUT2D eigenvalue weighted by Gasteiger charge is -2.14. The molecule has 1 aromatic heterocycles. The molecule has 2 atom stereocenters. The van der Waals surface area contributed by atoms with E-state index in [1.54, 1.807) is 16.9 Å². The van der Waals surface area contributed by atoms with E-state index in [-0.39, 0.29) is 18.7 Å². The first-order valence-corrected chi connectivity index (χ1v) is 9.49. The maximum absolute atomic E-state index is 12.0. The lowest BCUT2D eigenvalue weighted by Crippen LogP contribution is -2.37. The summed E-state index contributed by atoms with van der Waals surface area (Å²) in [5.74, 6) is -0.709. The molecule has 0 saturated carbocycles. The molecule has 9 heteroatoms. The van der Waals surface area contributed by atoms with Crippen molar-refractivity contribution < 1.29 is 17.9 Å². The van der Waals surface area contributed by atoms with Crippen LogP contribution in [-0.2, 0) is 19.6 Å². The topological polar surface area (TPSA) is 102 Å². The summed E-state index contributed by atoms with van der Waals surface area (Å²) in [4.78, 5) is 12.0. The van der Waals surface area contributed by atoms with Gasteiger partial charge in [0.15, 0.2) is 0 Å². The molecule has 2 rings (SSSR count). The van der Waals surface area contributed by atoms with Gasteiger partial charge in [0.25, 0.3) is 0 Å². The van der Waals surface area contributed by atoms with Crippen molar-refractivity contribution >= 4 is 21.7 Å². The van der Waals surface area contributed by atoms with E-state index in [0.29, 0.717) is 12.4 Å². The number of carbonyl (C=O) groups excluding carboxylic acids is 1. The first kappa shape index (κ1) is 17.9. The largest absolute Gasteiger partial charge is 0.377 e. The van der Waals surface area contributed by atoms with E-state index in [1.807, 2.05) is 13.8 Å². The number of sulfonamides is 1. The fraction of sp³-hybridized carbons (Fsp3) is 0.714. The van der Waals surface area contributed by atoms with E-state index >= 15 is 0 Å². The van der Waals surface area contributed by atoms with Gasteiger partial charge in [-0.25, -0.2) is 17.8 Å². The molecule has 0 spiro atoms. The number of aromatic nitrogens is 2. The van der Waals surface area contributed by atoms with Gasteiger partial charge in [-0.15, -0.1) is 0 Å². The molecule has 23 heavy (non-hydrogen) atoms. The monoisotopic (exact) mass is 344 g/mol. The van der Waals surface area contributed by atoms with E-state index in [9.17, 15) is 13.2 Å². The molecule has 1 fully saturated rings. The van der Waals surface area contributed by atoms with Gasteiger partial charge in [-0.1, -0.05) is 6.92 Å². The van der Waals surface area contributed by atoms with Crippen molar-refractivity contribution in [1.29, 1.82) is 0 Å². The minimum Gasteiger partial charge on any atom is -0.377 e. The zero-order chi connectivity index (χ0) is 16.9. The Balaban J connectivity index is 1.87. The fourth-order valence-electron chi connectivity index (χ4n) is 2.37. The Morgan fingerprint density at radius 1 is 1.57 bits per heavy atom. The number of amides is 1. The van der Waals surface area contributed by atoms with Crippen LogP contribution in [-0.4, -0.2) is 49.1 Å². The van der Waals surface area contributed by atoms with Gasteiger partial charge in [-0.3, -0.25) is 4.79 Å². The Hall–Kier alpha value is -1.45. The highest BCUT2D eigenvalue weighted by Crippen LogP contribution is 2.16. The predicted octanol–water partition coefficient (Wildman–Crippen LogP) is 0.891. The number of hydrogen-bond acceptors (Lipinski definition) is 5. The van der Waals surface area contributed by atoms with Gasteiger partial charge in [0.1, 0.15) is 11.6 Å². The third-order valence-electron chi connectivity index (χ3n) is 3.82. The maximum Gasteiger partial charge on any atom is 0.242 e. The molecule has 8 nitrogen and oxygen atoms in total. The van der Waals surface area contributed by atoms with Gasteiger partial charge in [0.2, 0.25) is 15.9 Å². The smallest absolute Gasteiger partial charge is 0.242 e. The fourth-order valence-corrected chi connectivity index (χ4v) is 3.32. The summed E-state index contributed by atoms with van der Waals surface area (Å²) < 4.78 is 33.4. The third-order valence-corrected chi connectivity index (χ3v) is 5.07. The second kappa shape index (κ2) is 7.89. The number of anilines is 1. The second-order valence-corrected chi connectivity index (χ2v) is 7.52. The molecular formula is C14H24N4O4S. The van der Waals surface area contributed by atoms with Crippen LogP contribution in [0.1, 0.15) is 39.2 Å². The van der Waals surface area contributed by atoms with Crippen LogP contribution in [0.3, 0.4) is 0 Å². The number of nitrogens with one attached hydrogen (secondary N) is 2. The van der Waals surface area contributed by atoms with Crippen LogP contribution in [0.5, 0.6) is 0 Å². The Morgan fingerprint density at radius 3 is 3.00 bits per heavy atom. The van der Waals surface area contributed by atoms with E-state index in [2.05, 4.69) is 15.1 Å². The van der Waals surface area contributed by atoms with Crippen LogP contribution in [0.25, 0.3) is 0 Å². The molecule has 1 aromatic rings. The van der Waals surface area contributed by atoms with E-state index in [4.69, 9.17) is 4.74 Å². The zero-order valence-corrected chi connectivity index (χ0v) is 14.3. The lowest BCUT2D eigenvalue weighted by atomic mass is 10.2. The quantitative estimate of drug-likeness (QED) is 0.729. The minimum absolute atomic E-state index is 0.0975. The number of rotatable bonds is 8. The molecule has 2 unspecified atom stereocenters.